The van der Waals surface area contributed by atoms with Crippen molar-refractivity contribution < 1.29 is 39.6 Å². The molecule has 0 heterocycles. The summed E-state index contributed by atoms with van der Waals surface area (Å²) >= 11 is 0. The first kappa shape index (κ1) is 19.7. The molecule has 0 bridgehead atoms. The third-order valence-corrected chi connectivity index (χ3v) is 1.57. The molecule has 20 heavy (non-hydrogen) atoms. The Kier molecular flexibility index (Phi) is 12.6. The van der Waals surface area contributed by atoms with Crippen LogP contribution < -0.4 is 0 Å². The Morgan fingerprint density at radius 2 is 0.950 bits per heavy atom. The van der Waals surface area contributed by atoms with E-state index < -0.39 is 23.9 Å². The third kappa shape index (κ3) is 24.5. The van der Waals surface area contributed by atoms with Crippen molar-refractivity contribution in [1.82, 2.24) is 0 Å². The van der Waals surface area contributed by atoms with E-state index in [4.69, 9.17) is 20.4 Å². The van der Waals surface area contributed by atoms with Crippen LogP contribution in [0.15, 0.2) is 24.3 Å². The first-order valence-electron chi connectivity index (χ1n) is 5.48. The summed E-state index contributed by atoms with van der Waals surface area (Å²) in [6.45, 7) is 0. The predicted molar refractivity (Wildman–Crippen MR) is 67.3 cm³/mol. The number of aliphatic carboxylic acids is 4. The van der Waals surface area contributed by atoms with Crippen LogP contribution in [0.1, 0.15) is 25.7 Å². The van der Waals surface area contributed by atoms with E-state index in [0.29, 0.717) is 0 Å². The molecule has 0 aromatic carbocycles. The quantitative estimate of drug-likeness (QED) is 0.483. The summed E-state index contributed by atoms with van der Waals surface area (Å²) in [4.78, 5) is 39.3. The Morgan fingerprint density at radius 3 is 1.15 bits per heavy atom. The summed E-state index contributed by atoms with van der Waals surface area (Å²) in [6.07, 6.45) is 4.98. The number of hydrogen-bond donors (Lipinski definition) is 4. The predicted octanol–water partition coefficient (Wildman–Crippen LogP) is 0.984. The molecular weight excluding hydrogens is 272 g/mol. The normalized spacial score (nSPS) is 10.0. The summed E-state index contributed by atoms with van der Waals surface area (Å²) in [5.41, 5.74) is 0. The maximum atomic E-state index is 9.86. The van der Waals surface area contributed by atoms with Gasteiger partial charge in [0.05, 0.1) is 0 Å². The van der Waals surface area contributed by atoms with Crippen molar-refractivity contribution in [1.29, 1.82) is 0 Å². The van der Waals surface area contributed by atoms with Gasteiger partial charge in [-0.15, -0.1) is 0 Å². The monoisotopic (exact) mass is 288 g/mol. The average molecular weight is 288 g/mol. The second-order valence-electron chi connectivity index (χ2n) is 3.35. The van der Waals surface area contributed by atoms with Gasteiger partial charge < -0.3 is 20.4 Å². The fourth-order valence-electron chi connectivity index (χ4n) is 0.782. The number of carbonyl (C=O) groups is 4. The topological polar surface area (TPSA) is 149 Å². The van der Waals surface area contributed by atoms with Gasteiger partial charge in [-0.1, -0.05) is 12.2 Å². The van der Waals surface area contributed by atoms with Crippen molar-refractivity contribution in [3.05, 3.63) is 24.3 Å². The van der Waals surface area contributed by atoms with E-state index in [1.165, 1.54) is 12.2 Å². The number of hydrogen-bond acceptors (Lipinski definition) is 4. The Bertz CT molecular complexity index is 356. The van der Waals surface area contributed by atoms with Crippen molar-refractivity contribution in [3.8, 4) is 0 Å². The molecular formula is C12H16O8. The molecule has 0 radical (unpaired) electrons. The SMILES string of the molecule is O=C(O)C=CCCC(=O)O.O=C(O)C=CCCC(=O)O. The van der Waals surface area contributed by atoms with Crippen molar-refractivity contribution >= 4 is 23.9 Å². The summed E-state index contributed by atoms with van der Waals surface area (Å²) < 4.78 is 0. The molecule has 0 amide bonds. The van der Waals surface area contributed by atoms with Gasteiger partial charge in [-0.05, 0) is 12.8 Å². The molecule has 0 aliphatic carbocycles. The van der Waals surface area contributed by atoms with Gasteiger partial charge in [-0.3, -0.25) is 9.59 Å². The highest BCUT2D eigenvalue weighted by Crippen LogP contribution is 1.90. The van der Waals surface area contributed by atoms with Crippen LogP contribution >= 0.6 is 0 Å². The molecule has 0 saturated heterocycles. The summed E-state index contributed by atoms with van der Waals surface area (Å²) in [5, 5.41) is 32.3. The molecule has 8 nitrogen and oxygen atoms in total. The van der Waals surface area contributed by atoms with Gasteiger partial charge in [-0.2, -0.15) is 0 Å². The van der Waals surface area contributed by atoms with Crippen LogP contribution in [0.25, 0.3) is 0 Å². The Labute approximate surface area is 114 Å². The average Bonchev–Trinajstić information content (AvgIpc) is 2.30. The van der Waals surface area contributed by atoms with E-state index in [1.807, 2.05) is 0 Å². The Morgan fingerprint density at radius 1 is 0.650 bits per heavy atom. The minimum absolute atomic E-state index is 0.0240. The van der Waals surface area contributed by atoms with E-state index in [-0.39, 0.29) is 25.7 Å². The maximum absolute atomic E-state index is 9.86. The third-order valence-electron chi connectivity index (χ3n) is 1.57. The van der Waals surface area contributed by atoms with Gasteiger partial charge >= 0.3 is 23.9 Å². The van der Waals surface area contributed by atoms with Gasteiger partial charge in [0.2, 0.25) is 0 Å². The molecule has 0 spiro atoms. The van der Waals surface area contributed by atoms with Crippen LogP contribution in [0.5, 0.6) is 0 Å². The van der Waals surface area contributed by atoms with E-state index in [9.17, 15) is 19.2 Å². The van der Waals surface area contributed by atoms with E-state index >= 15 is 0 Å². The molecule has 0 saturated carbocycles. The molecule has 112 valence electrons. The smallest absolute Gasteiger partial charge is 0.327 e. The lowest BCUT2D eigenvalue weighted by atomic mass is 10.3. The van der Waals surface area contributed by atoms with Crippen molar-refractivity contribution in [2.45, 2.75) is 25.7 Å². The second-order valence-corrected chi connectivity index (χ2v) is 3.35. The molecule has 0 fully saturated rings. The molecule has 0 aliphatic rings. The van der Waals surface area contributed by atoms with E-state index in [2.05, 4.69) is 0 Å². The van der Waals surface area contributed by atoms with E-state index in [1.54, 1.807) is 0 Å². The fraction of sp³-hybridized carbons (Fsp3) is 0.333. The molecule has 0 rings (SSSR count). The van der Waals surface area contributed by atoms with Crippen molar-refractivity contribution in [3.63, 3.8) is 0 Å². The minimum Gasteiger partial charge on any atom is -0.481 e. The lowest BCUT2D eigenvalue weighted by molar-refractivity contribution is -0.137. The number of rotatable bonds is 8. The van der Waals surface area contributed by atoms with Crippen LogP contribution in [-0.2, 0) is 19.2 Å². The molecule has 0 aromatic heterocycles. The van der Waals surface area contributed by atoms with Gasteiger partial charge in [0, 0.05) is 25.0 Å². The molecule has 4 N–H and O–H groups in total. The largest absolute Gasteiger partial charge is 0.481 e. The minimum atomic E-state index is -1.05. The van der Waals surface area contributed by atoms with Gasteiger partial charge in [0.1, 0.15) is 0 Å². The van der Waals surface area contributed by atoms with Crippen LogP contribution in [-0.4, -0.2) is 44.3 Å². The Balaban J connectivity index is 0. The Hall–Kier alpha value is -2.64. The highest BCUT2D eigenvalue weighted by atomic mass is 16.4. The van der Waals surface area contributed by atoms with Crippen LogP contribution in [0.3, 0.4) is 0 Å². The van der Waals surface area contributed by atoms with Gasteiger partial charge in [-0.25, -0.2) is 9.59 Å². The molecule has 8 heteroatoms. The van der Waals surface area contributed by atoms with Crippen molar-refractivity contribution in [2.75, 3.05) is 0 Å². The summed E-state index contributed by atoms with van der Waals surface area (Å²) in [5.74, 6) is -3.94. The number of carboxylic acids is 4. The lowest BCUT2D eigenvalue weighted by Gasteiger charge is -1.84. The van der Waals surface area contributed by atoms with Crippen LogP contribution in [0.4, 0.5) is 0 Å². The zero-order chi connectivity index (χ0) is 16.0. The first-order chi connectivity index (χ1) is 9.25. The van der Waals surface area contributed by atoms with Crippen LogP contribution in [0, 0.1) is 0 Å². The highest BCUT2D eigenvalue weighted by Gasteiger charge is 1.93. The highest BCUT2D eigenvalue weighted by molar-refractivity contribution is 5.80. The summed E-state index contributed by atoms with van der Waals surface area (Å²) in [7, 11) is 0. The zero-order valence-corrected chi connectivity index (χ0v) is 10.6. The maximum Gasteiger partial charge on any atom is 0.327 e. The fourth-order valence-corrected chi connectivity index (χ4v) is 0.782. The number of allylic oxidation sites excluding steroid dienone is 2. The molecule has 0 aliphatic heterocycles. The lowest BCUT2D eigenvalue weighted by Crippen LogP contribution is -1.92. The standard InChI is InChI=1S/2C6H8O4/c2*7-5(8)3-1-2-4-6(9)10/h2*1,3H,2,4H2,(H,7,8)(H,9,10). The molecule has 0 unspecified atom stereocenters. The van der Waals surface area contributed by atoms with E-state index in [0.717, 1.165) is 12.2 Å². The zero-order valence-electron chi connectivity index (χ0n) is 10.6. The van der Waals surface area contributed by atoms with Crippen molar-refractivity contribution in [2.24, 2.45) is 0 Å². The molecule has 0 atom stereocenters. The van der Waals surface area contributed by atoms with Gasteiger partial charge in [0.25, 0.3) is 0 Å². The van der Waals surface area contributed by atoms with Gasteiger partial charge in [0.15, 0.2) is 0 Å². The summed E-state index contributed by atoms with van der Waals surface area (Å²) in [6, 6.07) is 0. The number of carboxylic acid groups (broad SMARTS) is 4. The first-order valence-corrected chi connectivity index (χ1v) is 5.48. The van der Waals surface area contributed by atoms with Crippen LogP contribution in [0.2, 0.25) is 0 Å². The second kappa shape index (κ2) is 12.8. The molecule has 0 aromatic rings.